The van der Waals surface area contributed by atoms with Crippen LogP contribution in [0.15, 0.2) is 53.1 Å². The number of nitrogens with one attached hydrogen (secondary N) is 1. The van der Waals surface area contributed by atoms with Gasteiger partial charge in [-0.2, -0.15) is 5.10 Å². The van der Waals surface area contributed by atoms with Crippen LogP contribution in [0.3, 0.4) is 0 Å². The fraction of sp³-hybridized carbons (Fsp3) is 0.269. The number of rotatable bonds is 7. The zero-order valence-electron chi connectivity index (χ0n) is 19.6. The molecule has 7 heteroatoms. The molecule has 4 rings (SSSR count). The summed E-state index contributed by atoms with van der Waals surface area (Å²) in [4.78, 5) is 13.1. The van der Waals surface area contributed by atoms with Gasteiger partial charge in [0.25, 0.3) is 5.91 Å². The minimum Gasteiger partial charge on any atom is -0.488 e. The number of carbonyl (C=O) groups is 1. The van der Waals surface area contributed by atoms with Gasteiger partial charge in [0.05, 0.1) is 29.2 Å². The predicted molar refractivity (Wildman–Crippen MR) is 127 cm³/mol. The summed E-state index contributed by atoms with van der Waals surface area (Å²) in [6.45, 7) is 10.5. The fourth-order valence-electron chi connectivity index (χ4n) is 3.73. The molecule has 0 saturated carbocycles. The first kappa shape index (κ1) is 22.3. The van der Waals surface area contributed by atoms with Gasteiger partial charge < -0.3 is 14.6 Å². The van der Waals surface area contributed by atoms with Crippen molar-refractivity contribution in [1.29, 1.82) is 0 Å². The first-order valence-electron chi connectivity index (χ1n) is 10.9. The zero-order valence-corrected chi connectivity index (χ0v) is 19.6. The molecule has 33 heavy (non-hydrogen) atoms. The van der Waals surface area contributed by atoms with E-state index in [1.807, 2.05) is 68.8 Å². The van der Waals surface area contributed by atoms with Crippen LogP contribution in [0, 0.1) is 34.6 Å². The number of amides is 1. The number of ether oxygens (including phenoxy) is 1. The third-order valence-electron chi connectivity index (χ3n) is 5.92. The highest BCUT2D eigenvalue weighted by Gasteiger charge is 2.23. The van der Waals surface area contributed by atoms with Crippen molar-refractivity contribution < 1.29 is 14.1 Å². The summed E-state index contributed by atoms with van der Waals surface area (Å²) in [6.07, 6.45) is 0. The van der Waals surface area contributed by atoms with E-state index in [9.17, 15) is 4.79 Å². The van der Waals surface area contributed by atoms with E-state index in [-0.39, 0.29) is 18.2 Å². The van der Waals surface area contributed by atoms with Crippen LogP contribution in [0.4, 0.5) is 5.69 Å². The Morgan fingerprint density at radius 3 is 2.55 bits per heavy atom. The number of benzene rings is 2. The van der Waals surface area contributed by atoms with Crippen molar-refractivity contribution in [1.82, 2.24) is 14.9 Å². The summed E-state index contributed by atoms with van der Waals surface area (Å²) in [6, 6.07) is 16.0. The van der Waals surface area contributed by atoms with Crippen molar-refractivity contribution in [2.45, 2.75) is 47.8 Å². The smallest absolute Gasteiger partial charge is 0.278 e. The highest BCUT2D eigenvalue weighted by molar-refractivity contribution is 6.04. The van der Waals surface area contributed by atoms with E-state index < -0.39 is 0 Å². The molecule has 7 nitrogen and oxygen atoms in total. The van der Waals surface area contributed by atoms with Crippen molar-refractivity contribution in [2.24, 2.45) is 0 Å². The van der Waals surface area contributed by atoms with Gasteiger partial charge in [-0.25, -0.2) is 0 Å². The number of nitrogens with zero attached hydrogens (tertiary/aromatic N) is 3. The average molecular weight is 445 g/mol. The second kappa shape index (κ2) is 9.32. The molecular weight excluding hydrogens is 416 g/mol. The second-order valence-electron chi connectivity index (χ2n) is 8.20. The van der Waals surface area contributed by atoms with Crippen molar-refractivity contribution >= 4 is 11.6 Å². The van der Waals surface area contributed by atoms with E-state index in [1.165, 1.54) is 0 Å². The highest BCUT2D eigenvalue weighted by Crippen LogP contribution is 2.25. The van der Waals surface area contributed by atoms with Crippen LogP contribution in [-0.4, -0.2) is 20.8 Å². The number of hydrogen-bond donors (Lipinski definition) is 1. The van der Waals surface area contributed by atoms with Gasteiger partial charge in [0.2, 0.25) is 0 Å². The van der Waals surface area contributed by atoms with Crippen LogP contribution in [0.5, 0.6) is 5.75 Å². The van der Waals surface area contributed by atoms with Gasteiger partial charge in [0.15, 0.2) is 5.69 Å². The lowest BCUT2D eigenvalue weighted by Crippen LogP contribution is -2.16. The minimum absolute atomic E-state index is 0.188. The van der Waals surface area contributed by atoms with Gasteiger partial charge in [0.1, 0.15) is 18.1 Å². The van der Waals surface area contributed by atoms with E-state index in [1.54, 1.807) is 6.92 Å². The molecule has 0 aliphatic rings. The van der Waals surface area contributed by atoms with E-state index in [4.69, 9.17) is 9.26 Å². The average Bonchev–Trinajstić information content (AvgIpc) is 3.29. The predicted octanol–water partition coefficient (Wildman–Crippen LogP) is 5.29. The molecule has 0 spiro atoms. The van der Waals surface area contributed by atoms with Crippen LogP contribution in [0.1, 0.15) is 49.9 Å². The topological polar surface area (TPSA) is 82.2 Å². The molecule has 1 N–H and O–H groups in total. The highest BCUT2D eigenvalue weighted by atomic mass is 16.5. The van der Waals surface area contributed by atoms with Gasteiger partial charge in [-0.1, -0.05) is 47.6 Å². The molecule has 0 unspecified atom stereocenters. The number of anilines is 1. The maximum atomic E-state index is 13.1. The van der Waals surface area contributed by atoms with Crippen LogP contribution in [0.2, 0.25) is 0 Å². The summed E-state index contributed by atoms with van der Waals surface area (Å²) < 4.78 is 13.2. The lowest BCUT2D eigenvalue weighted by molar-refractivity contribution is 0.101. The normalized spacial score (nSPS) is 10.9. The number of aromatic nitrogens is 3. The summed E-state index contributed by atoms with van der Waals surface area (Å²) in [5.74, 6) is 0.978. The molecule has 2 heterocycles. The summed E-state index contributed by atoms with van der Waals surface area (Å²) in [5, 5.41) is 11.6. The van der Waals surface area contributed by atoms with Gasteiger partial charge in [-0.05, 0) is 57.4 Å². The van der Waals surface area contributed by atoms with Crippen LogP contribution < -0.4 is 10.1 Å². The maximum absolute atomic E-state index is 13.1. The molecule has 0 aliphatic heterocycles. The third-order valence-corrected chi connectivity index (χ3v) is 5.92. The minimum atomic E-state index is -0.350. The maximum Gasteiger partial charge on any atom is 0.278 e. The number of hydrogen-bond acceptors (Lipinski definition) is 5. The van der Waals surface area contributed by atoms with Crippen molar-refractivity contribution in [3.8, 4) is 5.75 Å². The quantitative estimate of drug-likeness (QED) is 0.419. The number of carbonyl (C=O) groups excluding carboxylic acids is 1. The molecule has 4 aromatic rings. The molecular formula is C26H28N4O3. The van der Waals surface area contributed by atoms with Crippen LogP contribution in [0.25, 0.3) is 0 Å². The van der Waals surface area contributed by atoms with E-state index in [0.29, 0.717) is 23.6 Å². The molecule has 2 aromatic heterocycles. The number of aryl methyl sites for hydroxylation is 3. The Labute approximate surface area is 193 Å². The molecule has 0 bridgehead atoms. The second-order valence-corrected chi connectivity index (χ2v) is 8.20. The summed E-state index contributed by atoms with van der Waals surface area (Å²) >= 11 is 0. The Morgan fingerprint density at radius 2 is 1.79 bits per heavy atom. The molecule has 170 valence electrons. The Bertz CT molecular complexity index is 1290. The lowest BCUT2D eigenvalue weighted by atomic mass is 10.1. The molecule has 0 atom stereocenters. The van der Waals surface area contributed by atoms with E-state index in [0.717, 1.165) is 33.8 Å². The Morgan fingerprint density at radius 1 is 1.03 bits per heavy atom. The van der Waals surface area contributed by atoms with Gasteiger partial charge in [-0.3, -0.25) is 9.48 Å². The SMILES string of the molecule is Cc1cccc(OCc2c(C(=O)Nc3c(C)nn(Cc4ccccc4)c3C)noc2C)c1C. The Kier molecular flexibility index (Phi) is 6.31. The zero-order chi connectivity index (χ0) is 23.5. The van der Waals surface area contributed by atoms with Gasteiger partial charge in [-0.15, -0.1) is 0 Å². The van der Waals surface area contributed by atoms with E-state index in [2.05, 4.69) is 27.7 Å². The van der Waals surface area contributed by atoms with Gasteiger partial charge >= 0.3 is 0 Å². The molecule has 1 amide bonds. The molecule has 0 radical (unpaired) electrons. The summed E-state index contributed by atoms with van der Waals surface area (Å²) in [7, 11) is 0. The first-order chi connectivity index (χ1) is 15.8. The lowest BCUT2D eigenvalue weighted by Gasteiger charge is -2.11. The van der Waals surface area contributed by atoms with Crippen LogP contribution in [-0.2, 0) is 13.2 Å². The van der Waals surface area contributed by atoms with Gasteiger partial charge in [0, 0.05) is 0 Å². The molecule has 0 fully saturated rings. The molecule has 2 aromatic carbocycles. The Balaban J connectivity index is 1.52. The monoisotopic (exact) mass is 444 g/mol. The van der Waals surface area contributed by atoms with Crippen molar-refractivity contribution in [2.75, 3.05) is 5.32 Å². The molecule has 0 aliphatic carbocycles. The van der Waals surface area contributed by atoms with Crippen molar-refractivity contribution in [3.63, 3.8) is 0 Å². The largest absolute Gasteiger partial charge is 0.488 e. The fourth-order valence-corrected chi connectivity index (χ4v) is 3.73. The molecule has 0 saturated heterocycles. The van der Waals surface area contributed by atoms with Crippen molar-refractivity contribution in [3.05, 3.63) is 93.6 Å². The van der Waals surface area contributed by atoms with E-state index >= 15 is 0 Å². The standard InChI is InChI=1S/C26H28N4O3/c1-16-10-9-13-23(17(16)2)32-15-22-20(5)33-29-25(22)26(31)27-24-18(3)28-30(19(24)4)14-21-11-7-6-8-12-21/h6-13H,14-15H2,1-5H3,(H,27,31). The van der Waals surface area contributed by atoms with Crippen LogP contribution >= 0.6 is 0 Å². The Hall–Kier alpha value is -3.87. The third kappa shape index (κ3) is 4.67. The first-order valence-corrected chi connectivity index (χ1v) is 10.9. The summed E-state index contributed by atoms with van der Waals surface area (Å²) in [5.41, 5.74) is 6.48.